The van der Waals surface area contributed by atoms with Crippen molar-refractivity contribution in [1.82, 2.24) is 29.4 Å². The van der Waals surface area contributed by atoms with Crippen LogP contribution in [-0.2, 0) is 14.2 Å². The molecule has 12 heteroatoms. The molecule has 5 aliphatic rings. The first-order valence-electron chi connectivity index (χ1n) is 15.9. The second kappa shape index (κ2) is 13.1. The van der Waals surface area contributed by atoms with Crippen molar-refractivity contribution < 1.29 is 28.6 Å². The Bertz CT molecular complexity index is 970. The van der Waals surface area contributed by atoms with Crippen LogP contribution in [0.1, 0.15) is 46.0 Å². The number of hydrogen-bond donors (Lipinski definition) is 0. The first-order chi connectivity index (χ1) is 20.0. The standard InChI is InChI=1S/C30H52N6O6/c1-30(2,21-40-27(37)34-13-9-31(3)10-14-34)18-22-19-35(15-11-32(22)4)29(39)42-26-17-24(26)25-20-36(16-12-33(25)5)28(38)41-23-7-6-8-23/h22-26H,6-21H2,1-5H3. The minimum Gasteiger partial charge on any atom is -0.449 e. The van der Waals surface area contributed by atoms with E-state index in [0.29, 0.717) is 45.9 Å². The monoisotopic (exact) mass is 592 g/mol. The molecular formula is C30H52N6O6. The Morgan fingerprint density at radius 3 is 2.02 bits per heavy atom. The van der Waals surface area contributed by atoms with Crippen molar-refractivity contribution >= 4 is 18.3 Å². The fourth-order valence-electron chi connectivity index (χ4n) is 6.54. The molecule has 4 atom stereocenters. The Kier molecular flexibility index (Phi) is 9.73. The van der Waals surface area contributed by atoms with E-state index in [2.05, 4.69) is 49.7 Å². The van der Waals surface area contributed by atoms with E-state index >= 15 is 0 Å². The van der Waals surface area contributed by atoms with Gasteiger partial charge in [0, 0.05) is 88.9 Å². The summed E-state index contributed by atoms with van der Waals surface area (Å²) in [6.07, 6.45) is 3.99. The van der Waals surface area contributed by atoms with Crippen LogP contribution in [0.2, 0.25) is 0 Å². The highest BCUT2D eigenvalue weighted by atomic mass is 16.6. The quantitative estimate of drug-likeness (QED) is 0.412. The van der Waals surface area contributed by atoms with Gasteiger partial charge in [0.15, 0.2) is 0 Å². The van der Waals surface area contributed by atoms with Gasteiger partial charge in [-0.1, -0.05) is 13.8 Å². The van der Waals surface area contributed by atoms with Crippen molar-refractivity contribution in [1.29, 1.82) is 0 Å². The van der Waals surface area contributed by atoms with Gasteiger partial charge in [0.2, 0.25) is 0 Å². The Hall–Kier alpha value is -2.31. The fraction of sp³-hybridized carbons (Fsp3) is 0.900. The summed E-state index contributed by atoms with van der Waals surface area (Å²) >= 11 is 0. The Morgan fingerprint density at radius 1 is 0.738 bits per heavy atom. The maximum Gasteiger partial charge on any atom is 0.410 e. The molecule has 12 nitrogen and oxygen atoms in total. The van der Waals surface area contributed by atoms with Gasteiger partial charge < -0.3 is 33.8 Å². The highest BCUT2D eigenvalue weighted by Gasteiger charge is 2.50. The van der Waals surface area contributed by atoms with Crippen molar-refractivity contribution in [2.45, 2.75) is 70.2 Å². The van der Waals surface area contributed by atoms with Crippen molar-refractivity contribution in [2.75, 3.05) is 93.2 Å². The minimum absolute atomic E-state index is 0.0836. The molecule has 0 aromatic heterocycles. The summed E-state index contributed by atoms with van der Waals surface area (Å²) in [5, 5.41) is 0. The molecule has 3 aliphatic heterocycles. The van der Waals surface area contributed by atoms with Crippen LogP contribution in [0.15, 0.2) is 0 Å². The number of piperazine rings is 3. The van der Waals surface area contributed by atoms with Crippen LogP contribution < -0.4 is 0 Å². The average Bonchev–Trinajstić information content (AvgIpc) is 3.69. The maximum atomic E-state index is 13.2. The van der Waals surface area contributed by atoms with E-state index in [4.69, 9.17) is 14.2 Å². The highest BCUT2D eigenvalue weighted by molar-refractivity contribution is 5.69. The smallest absolute Gasteiger partial charge is 0.410 e. The van der Waals surface area contributed by atoms with Gasteiger partial charge >= 0.3 is 18.3 Å². The van der Waals surface area contributed by atoms with Gasteiger partial charge in [0.05, 0.1) is 6.61 Å². The van der Waals surface area contributed by atoms with E-state index in [1.165, 1.54) is 0 Å². The molecule has 5 rings (SSSR count). The number of carbonyl (C=O) groups excluding carboxylic acids is 3. The predicted molar refractivity (Wildman–Crippen MR) is 157 cm³/mol. The lowest BCUT2D eigenvalue weighted by Crippen LogP contribution is -2.55. The van der Waals surface area contributed by atoms with E-state index in [1.54, 1.807) is 4.90 Å². The van der Waals surface area contributed by atoms with Crippen molar-refractivity contribution in [2.24, 2.45) is 11.3 Å². The molecule has 5 fully saturated rings. The second-order valence-corrected chi connectivity index (χ2v) is 14.0. The number of nitrogens with zero attached hydrogens (tertiary/aromatic N) is 6. The van der Waals surface area contributed by atoms with Crippen molar-refractivity contribution in [3.05, 3.63) is 0 Å². The number of carbonyl (C=O) groups is 3. The minimum atomic E-state index is -0.250. The van der Waals surface area contributed by atoms with Gasteiger partial charge in [-0.25, -0.2) is 14.4 Å². The van der Waals surface area contributed by atoms with Crippen molar-refractivity contribution in [3.8, 4) is 0 Å². The maximum absolute atomic E-state index is 13.2. The predicted octanol–water partition coefficient (Wildman–Crippen LogP) is 2.23. The SMILES string of the molecule is CN1CCN(C(=O)OCC(C)(C)CC2CN(C(=O)OC3CC3C3CN(C(=O)OC4CCC4)CCN3C)CCN2C)CC1. The van der Waals surface area contributed by atoms with Gasteiger partial charge in [0.25, 0.3) is 0 Å². The lowest BCUT2D eigenvalue weighted by molar-refractivity contribution is 0.00298. The van der Waals surface area contributed by atoms with Crippen LogP contribution in [0.4, 0.5) is 14.4 Å². The molecule has 0 spiro atoms. The number of hydrogen-bond acceptors (Lipinski definition) is 9. The van der Waals surface area contributed by atoms with E-state index in [1.807, 2.05) is 9.80 Å². The molecule has 2 aliphatic carbocycles. The number of likely N-dealkylation sites (N-methyl/N-ethyl adjacent to an activating group) is 3. The van der Waals surface area contributed by atoms with Crippen LogP contribution in [0.5, 0.6) is 0 Å². The molecule has 42 heavy (non-hydrogen) atoms. The Morgan fingerprint density at radius 2 is 1.36 bits per heavy atom. The molecule has 3 amide bonds. The van der Waals surface area contributed by atoms with Gasteiger partial charge in [-0.3, -0.25) is 9.80 Å². The summed E-state index contributed by atoms with van der Waals surface area (Å²) in [5.74, 6) is 0.232. The molecule has 0 N–H and O–H groups in total. The number of rotatable bonds is 7. The zero-order valence-corrected chi connectivity index (χ0v) is 26.3. The third-order valence-corrected chi connectivity index (χ3v) is 9.97. The summed E-state index contributed by atoms with van der Waals surface area (Å²) in [4.78, 5) is 50.7. The normalized spacial score (nSPS) is 30.1. The van der Waals surface area contributed by atoms with Gasteiger partial charge in [0.1, 0.15) is 12.2 Å². The van der Waals surface area contributed by atoms with E-state index in [-0.39, 0.29) is 53.9 Å². The molecule has 0 radical (unpaired) electrons. The van der Waals surface area contributed by atoms with Crippen molar-refractivity contribution in [3.63, 3.8) is 0 Å². The highest BCUT2D eigenvalue weighted by Crippen LogP contribution is 2.40. The molecule has 0 aromatic rings. The van der Waals surface area contributed by atoms with Crippen LogP contribution >= 0.6 is 0 Å². The average molecular weight is 593 g/mol. The third kappa shape index (κ3) is 7.79. The Labute approximate surface area is 251 Å². The summed E-state index contributed by atoms with van der Waals surface area (Å²) in [6, 6.07) is 0.318. The third-order valence-electron chi connectivity index (χ3n) is 9.97. The second-order valence-electron chi connectivity index (χ2n) is 14.0. The molecule has 2 saturated carbocycles. The van der Waals surface area contributed by atoms with Gasteiger partial charge in [-0.15, -0.1) is 0 Å². The van der Waals surface area contributed by atoms with Crippen LogP contribution in [0.3, 0.4) is 0 Å². The number of ether oxygens (including phenoxy) is 3. The number of amides is 3. The topological polar surface area (TPSA) is 98.3 Å². The fourth-order valence-corrected chi connectivity index (χ4v) is 6.54. The van der Waals surface area contributed by atoms with E-state index in [0.717, 1.165) is 58.3 Å². The molecular weight excluding hydrogens is 540 g/mol. The summed E-state index contributed by atoms with van der Waals surface area (Å²) in [7, 11) is 6.25. The van der Waals surface area contributed by atoms with Gasteiger partial charge in [-0.2, -0.15) is 0 Å². The van der Waals surface area contributed by atoms with E-state index in [9.17, 15) is 14.4 Å². The largest absolute Gasteiger partial charge is 0.449 e. The summed E-state index contributed by atoms with van der Waals surface area (Å²) in [5.41, 5.74) is -0.229. The van der Waals surface area contributed by atoms with Crippen LogP contribution in [0.25, 0.3) is 0 Å². The first kappa shape index (κ1) is 31.1. The van der Waals surface area contributed by atoms with E-state index < -0.39 is 0 Å². The molecule has 3 saturated heterocycles. The Balaban J connectivity index is 1.06. The summed E-state index contributed by atoms with van der Waals surface area (Å²) in [6.45, 7) is 11.8. The molecule has 238 valence electrons. The lowest BCUT2D eigenvalue weighted by atomic mass is 9.85. The van der Waals surface area contributed by atoms with Crippen LogP contribution in [-0.4, -0.2) is 165 Å². The van der Waals surface area contributed by atoms with Gasteiger partial charge in [-0.05, 0) is 53.2 Å². The summed E-state index contributed by atoms with van der Waals surface area (Å²) < 4.78 is 17.4. The molecule has 0 aromatic carbocycles. The van der Waals surface area contributed by atoms with Crippen LogP contribution in [0, 0.1) is 11.3 Å². The first-order valence-corrected chi connectivity index (χ1v) is 15.9. The zero-order chi connectivity index (χ0) is 30.0. The zero-order valence-electron chi connectivity index (χ0n) is 26.3. The lowest BCUT2D eigenvalue weighted by Gasteiger charge is -2.42. The molecule has 3 heterocycles. The molecule has 0 bridgehead atoms. The molecule has 4 unspecified atom stereocenters.